The van der Waals surface area contributed by atoms with Crippen LogP contribution in [0.15, 0.2) is 43.5 Å². The van der Waals surface area contributed by atoms with Crippen molar-refractivity contribution in [2.24, 2.45) is 5.41 Å². The molecule has 4 nitrogen and oxygen atoms in total. The zero-order valence-electron chi connectivity index (χ0n) is 15.7. The Morgan fingerprint density at radius 1 is 1.40 bits per heavy atom. The molecule has 136 valence electrons. The highest BCUT2D eigenvalue weighted by Crippen LogP contribution is 2.32. The summed E-state index contributed by atoms with van der Waals surface area (Å²) >= 11 is 0. The smallest absolute Gasteiger partial charge is 0.229 e. The number of ether oxygens (including phenoxy) is 1. The fourth-order valence-corrected chi connectivity index (χ4v) is 3.59. The Kier molecular flexibility index (Phi) is 6.43. The molecule has 0 radical (unpaired) electrons. The molecule has 0 saturated carbocycles. The third-order valence-corrected chi connectivity index (χ3v) is 5.02. The van der Waals surface area contributed by atoms with Crippen LogP contribution >= 0.6 is 0 Å². The van der Waals surface area contributed by atoms with Gasteiger partial charge in [0, 0.05) is 19.6 Å². The predicted octanol–water partition coefficient (Wildman–Crippen LogP) is 3.64. The summed E-state index contributed by atoms with van der Waals surface area (Å²) in [6.07, 6.45) is 4.98. The average molecular weight is 342 g/mol. The van der Waals surface area contributed by atoms with Gasteiger partial charge in [0.05, 0.1) is 18.6 Å². The number of nitrogens with one attached hydrogen (secondary N) is 1. The minimum absolute atomic E-state index is 0.139. The molecule has 1 aromatic carbocycles. The molecule has 0 aromatic heterocycles. The number of carbonyl (C=O) groups excluding carboxylic acids is 1. The molecule has 25 heavy (non-hydrogen) atoms. The first kappa shape index (κ1) is 19.3. The van der Waals surface area contributed by atoms with Crippen LogP contribution in [-0.4, -0.2) is 37.6 Å². The Bertz CT molecular complexity index is 629. The average Bonchev–Trinajstić information content (AvgIpc) is 2.61. The molecule has 1 amide bonds. The van der Waals surface area contributed by atoms with Crippen LogP contribution in [0.1, 0.15) is 36.9 Å². The summed E-state index contributed by atoms with van der Waals surface area (Å²) in [6.45, 7) is 13.9. The lowest BCUT2D eigenvalue weighted by Gasteiger charge is -2.39. The number of aryl methyl sites for hydroxylation is 1. The number of amides is 1. The Morgan fingerprint density at radius 3 is 2.64 bits per heavy atom. The van der Waals surface area contributed by atoms with Gasteiger partial charge in [-0.1, -0.05) is 25.1 Å². The number of piperazine rings is 1. The zero-order valence-corrected chi connectivity index (χ0v) is 15.7. The summed E-state index contributed by atoms with van der Waals surface area (Å²) in [5.74, 6) is 1.04. The Labute approximate surface area is 151 Å². The van der Waals surface area contributed by atoms with Crippen LogP contribution in [0.4, 0.5) is 0 Å². The molecular weight excluding hydrogens is 312 g/mol. The van der Waals surface area contributed by atoms with Crippen LogP contribution in [0.25, 0.3) is 0 Å². The normalized spacial score (nSPS) is 17.9. The van der Waals surface area contributed by atoms with E-state index in [0.29, 0.717) is 19.4 Å². The largest absolute Gasteiger partial charge is 0.497 e. The van der Waals surface area contributed by atoms with E-state index < -0.39 is 5.41 Å². The van der Waals surface area contributed by atoms with Gasteiger partial charge >= 0.3 is 0 Å². The van der Waals surface area contributed by atoms with Crippen LogP contribution in [0.3, 0.4) is 0 Å². The highest BCUT2D eigenvalue weighted by molar-refractivity contribution is 5.83. The molecule has 0 aliphatic carbocycles. The molecule has 4 heteroatoms. The number of methoxy groups -OCH3 is 1. The van der Waals surface area contributed by atoms with Crippen LogP contribution < -0.4 is 10.1 Å². The van der Waals surface area contributed by atoms with Crippen molar-refractivity contribution >= 4 is 5.91 Å². The van der Waals surface area contributed by atoms with E-state index >= 15 is 0 Å². The van der Waals surface area contributed by atoms with Crippen LogP contribution in [0, 0.1) is 12.3 Å². The van der Waals surface area contributed by atoms with Gasteiger partial charge in [0.1, 0.15) is 5.75 Å². The maximum atomic E-state index is 13.1. The quantitative estimate of drug-likeness (QED) is 0.769. The number of allylic oxidation sites excluding steroid dienone is 2. The van der Waals surface area contributed by atoms with E-state index in [4.69, 9.17) is 4.74 Å². The topological polar surface area (TPSA) is 41.6 Å². The van der Waals surface area contributed by atoms with Gasteiger partial charge in [-0.2, -0.15) is 0 Å². The lowest BCUT2D eigenvalue weighted by atomic mass is 9.81. The van der Waals surface area contributed by atoms with E-state index in [0.717, 1.165) is 18.8 Å². The van der Waals surface area contributed by atoms with Crippen molar-refractivity contribution in [3.63, 3.8) is 0 Å². The molecule has 1 atom stereocenters. The van der Waals surface area contributed by atoms with E-state index in [-0.39, 0.29) is 11.9 Å². The molecule has 1 N–H and O–H groups in total. The summed E-state index contributed by atoms with van der Waals surface area (Å²) in [6, 6.07) is 6.24. The third kappa shape index (κ3) is 4.31. The van der Waals surface area contributed by atoms with Crippen molar-refractivity contribution in [2.75, 3.05) is 26.7 Å². The van der Waals surface area contributed by atoms with Gasteiger partial charge in [0.15, 0.2) is 0 Å². The van der Waals surface area contributed by atoms with Crippen molar-refractivity contribution < 1.29 is 9.53 Å². The van der Waals surface area contributed by atoms with Crippen LogP contribution in [0.2, 0.25) is 0 Å². The molecular formula is C21H30N2O2. The van der Waals surface area contributed by atoms with E-state index in [2.05, 4.69) is 31.5 Å². The van der Waals surface area contributed by atoms with E-state index in [1.165, 1.54) is 11.1 Å². The summed E-state index contributed by atoms with van der Waals surface area (Å²) in [5, 5.41) is 3.54. The highest BCUT2D eigenvalue weighted by atomic mass is 16.5. The number of hydrogen-bond acceptors (Lipinski definition) is 3. The van der Waals surface area contributed by atoms with Gasteiger partial charge in [-0.15, -0.1) is 13.2 Å². The zero-order chi connectivity index (χ0) is 18.4. The minimum Gasteiger partial charge on any atom is -0.497 e. The first-order valence-electron chi connectivity index (χ1n) is 8.84. The first-order valence-corrected chi connectivity index (χ1v) is 8.84. The Balaban J connectivity index is 2.18. The summed E-state index contributed by atoms with van der Waals surface area (Å²) in [7, 11) is 1.67. The maximum absolute atomic E-state index is 13.1. The Morgan fingerprint density at radius 2 is 2.08 bits per heavy atom. The van der Waals surface area contributed by atoms with Gasteiger partial charge < -0.3 is 15.0 Å². The lowest BCUT2D eigenvalue weighted by molar-refractivity contribution is -0.142. The predicted molar refractivity (Wildman–Crippen MR) is 103 cm³/mol. The molecule has 1 aliphatic heterocycles. The molecule has 1 saturated heterocycles. The second kappa shape index (κ2) is 8.34. The van der Waals surface area contributed by atoms with Crippen molar-refractivity contribution in [1.82, 2.24) is 10.2 Å². The second-order valence-corrected chi connectivity index (χ2v) is 7.03. The molecule has 1 fully saturated rings. The molecule has 0 bridgehead atoms. The van der Waals surface area contributed by atoms with Gasteiger partial charge in [-0.05, 0) is 43.0 Å². The number of carbonyl (C=O) groups is 1. The fraction of sp³-hybridized carbons (Fsp3) is 0.476. The Hall–Kier alpha value is -2.07. The van der Waals surface area contributed by atoms with Gasteiger partial charge in [0.25, 0.3) is 0 Å². The number of rotatable bonds is 7. The summed E-state index contributed by atoms with van der Waals surface area (Å²) in [5.41, 5.74) is 1.93. The minimum atomic E-state index is -0.458. The number of hydrogen-bond donors (Lipinski definition) is 1. The standard InChI is InChI=1S/C21H30N2O2/c1-6-10-21(4,11-7-2)20(24)23-13-12-22-19(15-23)18-9-8-17(25-5)14-16(18)3/h6-9,14,19,22H,1-2,10-13,15H2,3-5H3. The highest BCUT2D eigenvalue weighted by Gasteiger charge is 2.36. The molecule has 1 aromatic rings. The monoisotopic (exact) mass is 342 g/mol. The first-order chi connectivity index (χ1) is 11.9. The summed E-state index contributed by atoms with van der Waals surface area (Å²) in [4.78, 5) is 15.1. The second-order valence-electron chi connectivity index (χ2n) is 7.03. The molecule has 0 spiro atoms. The van der Waals surface area contributed by atoms with Crippen LogP contribution in [0.5, 0.6) is 5.75 Å². The molecule has 1 aliphatic rings. The third-order valence-electron chi connectivity index (χ3n) is 5.02. The van der Waals surface area contributed by atoms with E-state index in [1.54, 1.807) is 7.11 Å². The lowest BCUT2D eigenvalue weighted by Crippen LogP contribution is -2.52. The molecule has 2 rings (SSSR count). The van der Waals surface area contributed by atoms with Crippen LogP contribution in [-0.2, 0) is 4.79 Å². The van der Waals surface area contributed by atoms with Crippen molar-refractivity contribution in [2.45, 2.75) is 32.7 Å². The number of benzene rings is 1. The van der Waals surface area contributed by atoms with E-state index in [1.807, 2.05) is 36.1 Å². The maximum Gasteiger partial charge on any atom is 0.229 e. The van der Waals surface area contributed by atoms with Gasteiger partial charge in [-0.3, -0.25) is 4.79 Å². The molecule has 1 heterocycles. The molecule has 1 unspecified atom stereocenters. The summed E-state index contributed by atoms with van der Waals surface area (Å²) < 4.78 is 5.29. The van der Waals surface area contributed by atoms with Crippen molar-refractivity contribution in [3.05, 3.63) is 54.6 Å². The van der Waals surface area contributed by atoms with Crippen molar-refractivity contribution in [1.29, 1.82) is 0 Å². The van der Waals surface area contributed by atoms with E-state index in [9.17, 15) is 4.79 Å². The van der Waals surface area contributed by atoms with Crippen molar-refractivity contribution in [3.8, 4) is 5.75 Å². The van der Waals surface area contributed by atoms with Gasteiger partial charge in [-0.25, -0.2) is 0 Å². The fourth-order valence-electron chi connectivity index (χ4n) is 3.59. The SMILES string of the molecule is C=CCC(C)(CC=C)C(=O)N1CCNC(c2ccc(OC)cc2C)C1. The number of nitrogens with zero attached hydrogens (tertiary/aromatic N) is 1. The van der Waals surface area contributed by atoms with Gasteiger partial charge in [0.2, 0.25) is 5.91 Å².